The number of thioether (sulfide) groups is 1. The Morgan fingerprint density at radius 2 is 1.82 bits per heavy atom. The first-order chi connectivity index (χ1) is 8.26. The first kappa shape index (κ1) is 15.7. The fraction of sp³-hybridized carbons (Fsp3) is 1.00. The summed E-state index contributed by atoms with van der Waals surface area (Å²) in [5, 5.41) is 0. The molecule has 0 radical (unpaired) electrons. The summed E-state index contributed by atoms with van der Waals surface area (Å²) in [6, 6.07) is 0. The van der Waals surface area contributed by atoms with E-state index in [4.69, 9.17) is 0 Å². The summed E-state index contributed by atoms with van der Waals surface area (Å²) >= 11 is 6.78. The van der Waals surface area contributed by atoms with Crippen molar-refractivity contribution in [3.8, 4) is 0 Å². The molecule has 0 N–H and O–H groups in total. The normalized spacial score (nSPS) is 19.2. The van der Waals surface area contributed by atoms with Gasteiger partial charge in [-0.1, -0.05) is 26.7 Å². The molecule has 0 unspecified atom stereocenters. The molecule has 1 fully saturated rings. The van der Waals surface area contributed by atoms with E-state index in [0.717, 1.165) is 5.75 Å². The summed E-state index contributed by atoms with van der Waals surface area (Å²) in [5.74, 6) is 3.73. The van der Waals surface area contributed by atoms with Crippen molar-refractivity contribution in [2.75, 3.05) is 36.9 Å². The number of rotatable bonds is 7. The fourth-order valence-corrected chi connectivity index (χ4v) is 4.32. The molecule has 0 aromatic carbocycles. The van der Waals surface area contributed by atoms with Gasteiger partial charge in [0.25, 0.3) is 0 Å². The highest BCUT2D eigenvalue weighted by Crippen LogP contribution is 2.33. The van der Waals surface area contributed by atoms with Crippen molar-refractivity contribution in [1.82, 2.24) is 4.90 Å². The van der Waals surface area contributed by atoms with Gasteiger partial charge in [-0.2, -0.15) is 24.4 Å². The minimum Gasteiger partial charge on any atom is -0.302 e. The van der Waals surface area contributed by atoms with Crippen LogP contribution in [0, 0.1) is 5.41 Å². The Kier molecular flexibility index (Phi) is 8.05. The Hall–Kier alpha value is 0.660. The summed E-state index contributed by atoms with van der Waals surface area (Å²) < 4.78 is 0. The lowest BCUT2D eigenvalue weighted by molar-refractivity contribution is 0.154. The molecule has 1 saturated heterocycles. The predicted octanol–water partition coefficient (Wildman–Crippen LogP) is 3.94. The number of nitrogens with zero attached hydrogens (tertiary/aromatic N) is 1. The van der Waals surface area contributed by atoms with Crippen molar-refractivity contribution < 1.29 is 0 Å². The lowest BCUT2D eigenvalue weighted by atomic mass is 9.80. The van der Waals surface area contributed by atoms with E-state index in [1.807, 2.05) is 0 Å². The highest BCUT2D eigenvalue weighted by molar-refractivity contribution is 7.99. The second kappa shape index (κ2) is 8.71. The number of hydrogen-bond acceptors (Lipinski definition) is 3. The Morgan fingerprint density at radius 3 is 2.41 bits per heavy atom. The van der Waals surface area contributed by atoms with Crippen molar-refractivity contribution in [3.05, 3.63) is 0 Å². The molecular weight excluding hydrogens is 246 g/mol. The van der Waals surface area contributed by atoms with E-state index < -0.39 is 0 Å². The third-order valence-electron chi connectivity index (χ3n) is 3.77. The highest BCUT2D eigenvalue weighted by Gasteiger charge is 2.29. The number of thiol groups is 1. The zero-order valence-electron chi connectivity index (χ0n) is 11.6. The van der Waals surface area contributed by atoms with Crippen LogP contribution >= 0.6 is 24.4 Å². The van der Waals surface area contributed by atoms with E-state index >= 15 is 0 Å². The summed E-state index contributed by atoms with van der Waals surface area (Å²) in [7, 11) is 0. The molecule has 0 aromatic rings. The molecule has 3 heteroatoms. The largest absolute Gasteiger partial charge is 0.302 e. The molecule has 102 valence electrons. The molecule has 1 nitrogen and oxygen atoms in total. The molecule has 0 aliphatic carbocycles. The standard InChI is InChI=1S/C14H29NS2/c1-3-6-14(13-16,7-4-2)12-15-8-5-10-17-11-9-15/h16H,3-13H2,1-2H3. The van der Waals surface area contributed by atoms with Crippen molar-refractivity contribution >= 4 is 24.4 Å². The first-order valence-electron chi connectivity index (χ1n) is 7.17. The maximum Gasteiger partial charge on any atom is 0.00726 e. The second-order valence-corrected chi connectivity index (χ2v) is 6.94. The van der Waals surface area contributed by atoms with Gasteiger partial charge in [0.2, 0.25) is 0 Å². The van der Waals surface area contributed by atoms with Crippen LogP contribution in [0.1, 0.15) is 46.0 Å². The zero-order valence-corrected chi connectivity index (χ0v) is 13.3. The van der Waals surface area contributed by atoms with Crippen LogP contribution in [0.15, 0.2) is 0 Å². The molecule has 0 saturated carbocycles. The molecule has 1 aliphatic heterocycles. The van der Waals surface area contributed by atoms with Crippen LogP contribution in [0.3, 0.4) is 0 Å². The van der Waals surface area contributed by atoms with Crippen LogP contribution in [0.25, 0.3) is 0 Å². The Morgan fingerprint density at radius 1 is 1.12 bits per heavy atom. The molecular formula is C14H29NS2. The van der Waals surface area contributed by atoms with Crippen molar-refractivity contribution in [3.63, 3.8) is 0 Å². The third kappa shape index (κ3) is 5.44. The molecule has 1 rings (SSSR count). The summed E-state index contributed by atoms with van der Waals surface area (Å²) in [6.07, 6.45) is 6.64. The quantitative estimate of drug-likeness (QED) is 0.701. The fourth-order valence-electron chi connectivity index (χ4n) is 2.98. The summed E-state index contributed by atoms with van der Waals surface area (Å²) in [4.78, 5) is 2.70. The average molecular weight is 276 g/mol. The highest BCUT2D eigenvalue weighted by atomic mass is 32.2. The molecule has 0 bridgehead atoms. The average Bonchev–Trinajstić information content (AvgIpc) is 2.58. The maximum absolute atomic E-state index is 4.66. The topological polar surface area (TPSA) is 3.24 Å². The predicted molar refractivity (Wildman–Crippen MR) is 84.5 cm³/mol. The van der Waals surface area contributed by atoms with Gasteiger partial charge in [-0.15, -0.1) is 0 Å². The summed E-state index contributed by atoms with van der Waals surface area (Å²) in [5.41, 5.74) is 0.474. The van der Waals surface area contributed by atoms with E-state index in [2.05, 4.69) is 43.1 Å². The minimum absolute atomic E-state index is 0.474. The van der Waals surface area contributed by atoms with Gasteiger partial charge in [0, 0.05) is 18.8 Å². The molecule has 0 aromatic heterocycles. The smallest absolute Gasteiger partial charge is 0.00726 e. The Bertz CT molecular complexity index is 183. The van der Waals surface area contributed by atoms with E-state index in [9.17, 15) is 0 Å². The minimum atomic E-state index is 0.474. The van der Waals surface area contributed by atoms with Gasteiger partial charge in [0.15, 0.2) is 0 Å². The van der Waals surface area contributed by atoms with Crippen LogP contribution in [0.2, 0.25) is 0 Å². The Balaban J connectivity index is 2.55. The van der Waals surface area contributed by atoms with Gasteiger partial charge in [-0.3, -0.25) is 0 Å². The van der Waals surface area contributed by atoms with Gasteiger partial charge in [0.05, 0.1) is 0 Å². The van der Waals surface area contributed by atoms with Crippen LogP contribution in [0.5, 0.6) is 0 Å². The molecule has 1 heterocycles. The van der Waals surface area contributed by atoms with Crippen LogP contribution in [-0.4, -0.2) is 41.8 Å². The lowest BCUT2D eigenvalue weighted by Gasteiger charge is -2.37. The first-order valence-corrected chi connectivity index (χ1v) is 8.96. The van der Waals surface area contributed by atoms with Crippen molar-refractivity contribution in [1.29, 1.82) is 0 Å². The van der Waals surface area contributed by atoms with Gasteiger partial charge >= 0.3 is 0 Å². The van der Waals surface area contributed by atoms with Crippen LogP contribution < -0.4 is 0 Å². The van der Waals surface area contributed by atoms with E-state index in [0.29, 0.717) is 5.41 Å². The molecule has 0 amide bonds. The van der Waals surface area contributed by atoms with E-state index in [-0.39, 0.29) is 0 Å². The number of hydrogen-bond donors (Lipinski definition) is 1. The Labute approximate surface area is 118 Å². The van der Waals surface area contributed by atoms with Gasteiger partial charge in [0.1, 0.15) is 0 Å². The SMILES string of the molecule is CCCC(CS)(CCC)CN1CCCSCC1. The van der Waals surface area contributed by atoms with Crippen molar-refractivity contribution in [2.24, 2.45) is 5.41 Å². The van der Waals surface area contributed by atoms with Gasteiger partial charge in [-0.25, -0.2) is 0 Å². The van der Waals surface area contributed by atoms with Crippen molar-refractivity contribution in [2.45, 2.75) is 46.0 Å². The van der Waals surface area contributed by atoms with E-state index in [1.165, 1.54) is 63.2 Å². The molecule has 0 atom stereocenters. The molecule has 17 heavy (non-hydrogen) atoms. The zero-order chi connectivity index (χ0) is 12.6. The molecule has 0 spiro atoms. The van der Waals surface area contributed by atoms with Crippen LogP contribution in [-0.2, 0) is 0 Å². The second-order valence-electron chi connectivity index (χ2n) is 5.40. The maximum atomic E-state index is 4.66. The third-order valence-corrected chi connectivity index (χ3v) is 5.49. The summed E-state index contributed by atoms with van der Waals surface area (Å²) in [6.45, 7) is 8.49. The van der Waals surface area contributed by atoms with E-state index in [1.54, 1.807) is 0 Å². The van der Waals surface area contributed by atoms with Crippen LogP contribution in [0.4, 0.5) is 0 Å². The lowest BCUT2D eigenvalue weighted by Crippen LogP contribution is -2.40. The molecule has 1 aliphatic rings. The van der Waals surface area contributed by atoms with Gasteiger partial charge < -0.3 is 4.90 Å². The monoisotopic (exact) mass is 275 g/mol. The van der Waals surface area contributed by atoms with Gasteiger partial charge in [-0.05, 0) is 42.7 Å².